The maximum Gasteiger partial charge on any atom is 0.336 e. The second kappa shape index (κ2) is 5.32. The highest BCUT2D eigenvalue weighted by molar-refractivity contribution is 6.31. The van der Waals surface area contributed by atoms with Crippen molar-refractivity contribution in [3.05, 3.63) is 40.4 Å². The summed E-state index contributed by atoms with van der Waals surface area (Å²) in [5, 5.41) is 9.27. The van der Waals surface area contributed by atoms with E-state index in [1.807, 2.05) is 0 Å². The van der Waals surface area contributed by atoms with Crippen molar-refractivity contribution in [1.29, 1.82) is 0 Å². The highest BCUT2D eigenvalue weighted by Crippen LogP contribution is 2.17. The molecule has 0 aliphatic rings. The highest BCUT2D eigenvalue weighted by atomic mass is 35.5. The van der Waals surface area contributed by atoms with E-state index >= 15 is 0 Å². The van der Waals surface area contributed by atoms with E-state index in [0.29, 0.717) is 10.6 Å². The van der Waals surface area contributed by atoms with Crippen LogP contribution in [0.2, 0.25) is 5.02 Å². The van der Waals surface area contributed by atoms with Gasteiger partial charge in [0.25, 0.3) is 0 Å². The first-order valence-electron chi connectivity index (χ1n) is 4.48. The Bertz CT molecular complexity index is 455. The molecule has 0 saturated carbocycles. The SMILES string of the molecule is NC(=O)CC=Cc1ccc(Cl)cc1C(=O)O. The molecule has 0 aliphatic carbocycles. The van der Waals surface area contributed by atoms with E-state index in [1.165, 1.54) is 18.2 Å². The van der Waals surface area contributed by atoms with Gasteiger partial charge in [-0.2, -0.15) is 0 Å². The van der Waals surface area contributed by atoms with Gasteiger partial charge in [0.2, 0.25) is 5.91 Å². The fourth-order valence-electron chi connectivity index (χ4n) is 1.16. The fraction of sp³-hybridized carbons (Fsp3) is 0.0909. The molecule has 0 fully saturated rings. The number of nitrogens with two attached hydrogens (primary N) is 1. The van der Waals surface area contributed by atoms with E-state index < -0.39 is 11.9 Å². The smallest absolute Gasteiger partial charge is 0.336 e. The quantitative estimate of drug-likeness (QED) is 0.842. The molecular weight excluding hydrogens is 230 g/mol. The van der Waals surface area contributed by atoms with E-state index in [-0.39, 0.29) is 12.0 Å². The molecule has 16 heavy (non-hydrogen) atoms. The van der Waals surface area contributed by atoms with E-state index in [2.05, 4.69) is 0 Å². The van der Waals surface area contributed by atoms with Crippen LogP contribution in [0.25, 0.3) is 6.08 Å². The molecule has 0 heterocycles. The number of carboxylic acids is 1. The summed E-state index contributed by atoms with van der Waals surface area (Å²) in [5.41, 5.74) is 5.53. The molecule has 0 spiro atoms. The summed E-state index contributed by atoms with van der Waals surface area (Å²) < 4.78 is 0. The van der Waals surface area contributed by atoms with Crippen molar-refractivity contribution in [2.24, 2.45) is 5.73 Å². The van der Waals surface area contributed by atoms with Gasteiger partial charge in [-0.3, -0.25) is 4.79 Å². The number of carbonyl (C=O) groups is 2. The summed E-state index contributed by atoms with van der Waals surface area (Å²) in [7, 11) is 0. The van der Waals surface area contributed by atoms with E-state index in [4.69, 9.17) is 22.4 Å². The van der Waals surface area contributed by atoms with Crippen molar-refractivity contribution < 1.29 is 14.7 Å². The van der Waals surface area contributed by atoms with Crippen molar-refractivity contribution in [1.82, 2.24) is 0 Å². The van der Waals surface area contributed by atoms with Crippen molar-refractivity contribution in [3.63, 3.8) is 0 Å². The van der Waals surface area contributed by atoms with Gasteiger partial charge in [-0.25, -0.2) is 4.79 Å². The molecule has 0 bridgehead atoms. The number of carbonyl (C=O) groups excluding carboxylic acids is 1. The lowest BCUT2D eigenvalue weighted by Gasteiger charge is -2.01. The Labute approximate surface area is 97.3 Å². The lowest BCUT2D eigenvalue weighted by atomic mass is 10.1. The third-order valence-corrected chi connectivity index (χ3v) is 2.10. The number of rotatable bonds is 4. The normalized spacial score (nSPS) is 10.6. The predicted octanol–water partition coefficient (Wildman–Crippen LogP) is 1.93. The molecule has 3 N–H and O–H groups in total. The Balaban J connectivity index is 2.99. The van der Waals surface area contributed by atoms with Gasteiger partial charge >= 0.3 is 5.97 Å². The van der Waals surface area contributed by atoms with Crippen molar-refractivity contribution in [3.8, 4) is 0 Å². The van der Waals surface area contributed by atoms with Crippen LogP contribution in [-0.2, 0) is 4.79 Å². The number of primary amides is 1. The first-order chi connectivity index (χ1) is 7.50. The number of halogens is 1. The zero-order valence-electron chi connectivity index (χ0n) is 8.31. The van der Waals surface area contributed by atoms with Crippen LogP contribution in [0.4, 0.5) is 0 Å². The predicted molar refractivity (Wildman–Crippen MR) is 61.3 cm³/mol. The van der Waals surface area contributed by atoms with Gasteiger partial charge in [0.1, 0.15) is 0 Å². The molecule has 1 aromatic rings. The Hall–Kier alpha value is -1.81. The summed E-state index contributed by atoms with van der Waals surface area (Å²) in [6.45, 7) is 0. The molecule has 1 amide bonds. The monoisotopic (exact) mass is 239 g/mol. The van der Waals surface area contributed by atoms with Gasteiger partial charge in [0, 0.05) is 11.4 Å². The molecule has 0 aromatic heterocycles. The zero-order valence-corrected chi connectivity index (χ0v) is 9.07. The van der Waals surface area contributed by atoms with E-state index in [1.54, 1.807) is 12.1 Å². The Morgan fingerprint density at radius 3 is 2.69 bits per heavy atom. The molecule has 0 unspecified atom stereocenters. The average molecular weight is 240 g/mol. The second-order valence-electron chi connectivity index (χ2n) is 3.11. The fourth-order valence-corrected chi connectivity index (χ4v) is 1.33. The molecule has 0 aliphatic heterocycles. The van der Waals surface area contributed by atoms with Gasteiger partial charge in [-0.1, -0.05) is 29.8 Å². The third kappa shape index (κ3) is 3.40. The van der Waals surface area contributed by atoms with Gasteiger partial charge in [0.15, 0.2) is 0 Å². The lowest BCUT2D eigenvalue weighted by Crippen LogP contribution is -2.08. The molecule has 0 radical (unpaired) electrons. The largest absolute Gasteiger partial charge is 0.478 e. The topological polar surface area (TPSA) is 80.4 Å². The average Bonchev–Trinajstić information content (AvgIpc) is 2.19. The number of amides is 1. The minimum Gasteiger partial charge on any atom is -0.478 e. The number of aromatic carboxylic acids is 1. The highest BCUT2D eigenvalue weighted by Gasteiger charge is 2.08. The summed E-state index contributed by atoms with van der Waals surface area (Å²) >= 11 is 5.68. The number of benzene rings is 1. The summed E-state index contributed by atoms with van der Waals surface area (Å²) in [4.78, 5) is 21.4. The maximum atomic E-state index is 10.9. The third-order valence-electron chi connectivity index (χ3n) is 1.86. The number of hydrogen-bond donors (Lipinski definition) is 2. The van der Waals surface area contributed by atoms with Crippen LogP contribution < -0.4 is 5.73 Å². The van der Waals surface area contributed by atoms with Gasteiger partial charge in [0.05, 0.1) is 5.56 Å². The second-order valence-corrected chi connectivity index (χ2v) is 3.55. The molecule has 0 atom stereocenters. The molecule has 1 aromatic carbocycles. The first kappa shape index (κ1) is 12.3. The van der Waals surface area contributed by atoms with Crippen LogP contribution >= 0.6 is 11.6 Å². The summed E-state index contributed by atoms with van der Waals surface area (Å²) in [6.07, 6.45) is 3.12. The molecular formula is C11H10ClNO3. The zero-order chi connectivity index (χ0) is 12.1. The molecule has 0 saturated heterocycles. The van der Waals surface area contributed by atoms with Crippen LogP contribution in [0, 0.1) is 0 Å². The summed E-state index contributed by atoms with van der Waals surface area (Å²) in [5.74, 6) is -1.54. The standard InChI is InChI=1S/C11H10ClNO3/c12-8-5-4-7(2-1-3-10(13)14)9(6-8)11(15)16/h1-2,4-6H,3H2,(H2,13,14)(H,15,16). The van der Waals surface area contributed by atoms with Gasteiger partial charge in [-0.05, 0) is 17.7 Å². The van der Waals surface area contributed by atoms with Crippen LogP contribution in [0.15, 0.2) is 24.3 Å². The van der Waals surface area contributed by atoms with Gasteiger partial charge in [-0.15, -0.1) is 0 Å². The maximum absolute atomic E-state index is 10.9. The van der Waals surface area contributed by atoms with Crippen LogP contribution in [-0.4, -0.2) is 17.0 Å². The minimum atomic E-state index is -1.07. The van der Waals surface area contributed by atoms with Crippen molar-refractivity contribution >= 4 is 29.6 Å². The molecule has 84 valence electrons. The van der Waals surface area contributed by atoms with Gasteiger partial charge < -0.3 is 10.8 Å². The Morgan fingerprint density at radius 2 is 2.12 bits per heavy atom. The van der Waals surface area contributed by atoms with Crippen molar-refractivity contribution in [2.75, 3.05) is 0 Å². The molecule has 4 nitrogen and oxygen atoms in total. The molecule has 1 rings (SSSR count). The van der Waals surface area contributed by atoms with Crippen LogP contribution in [0.5, 0.6) is 0 Å². The van der Waals surface area contributed by atoms with Crippen LogP contribution in [0.3, 0.4) is 0 Å². The van der Waals surface area contributed by atoms with Crippen LogP contribution in [0.1, 0.15) is 22.3 Å². The minimum absolute atomic E-state index is 0.0711. The summed E-state index contributed by atoms with van der Waals surface area (Å²) in [6, 6.07) is 4.51. The first-order valence-corrected chi connectivity index (χ1v) is 4.86. The van der Waals surface area contributed by atoms with Crippen molar-refractivity contribution in [2.45, 2.75) is 6.42 Å². The number of hydrogen-bond acceptors (Lipinski definition) is 2. The lowest BCUT2D eigenvalue weighted by molar-refractivity contribution is -0.117. The Morgan fingerprint density at radius 1 is 1.44 bits per heavy atom. The van der Waals surface area contributed by atoms with E-state index in [9.17, 15) is 9.59 Å². The number of carboxylic acid groups (broad SMARTS) is 1. The Kier molecular flexibility index (Phi) is 4.08. The van der Waals surface area contributed by atoms with E-state index in [0.717, 1.165) is 0 Å². The molecule has 5 heteroatoms.